The number of carbonyl (C=O) groups is 1. The Morgan fingerprint density at radius 3 is 2.78 bits per heavy atom. The summed E-state index contributed by atoms with van der Waals surface area (Å²) >= 11 is 0. The van der Waals surface area contributed by atoms with Gasteiger partial charge in [-0.3, -0.25) is 4.79 Å². The Labute approximate surface area is 109 Å². The fraction of sp³-hybridized carbons (Fsp3) is 0.643. The summed E-state index contributed by atoms with van der Waals surface area (Å²) < 4.78 is 0. The van der Waals surface area contributed by atoms with Gasteiger partial charge in [0.2, 0.25) is 5.91 Å². The summed E-state index contributed by atoms with van der Waals surface area (Å²) in [5.74, 6) is 0.441. The van der Waals surface area contributed by atoms with Crippen molar-refractivity contribution >= 4 is 5.91 Å². The normalized spacial score (nSPS) is 23.8. The van der Waals surface area contributed by atoms with E-state index >= 15 is 0 Å². The van der Waals surface area contributed by atoms with Crippen LogP contribution in [-0.4, -0.2) is 24.7 Å². The third kappa shape index (κ3) is 6.57. The van der Waals surface area contributed by atoms with E-state index in [1.165, 1.54) is 0 Å². The summed E-state index contributed by atoms with van der Waals surface area (Å²) in [6, 6.07) is 0. The number of hydrogen-bond donors (Lipinski definition) is 1. The van der Waals surface area contributed by atoms with Gasteiger partial charge in [-0.15, -0.1) is 0 Å². The van der Waals surface area contributed by atoms with Crippen LogP contribution in [0.25, 0.3) is 0 Å². The SMILES string of the molecule is CC(C)CNC(=O)/C=C/CCC1C=CC(C)OO1. The number of nitrogens with one attached hydrogen (secondary N) is 1. The summed E-state index contributed by atoms with van der Waals surface area (Å²) in [5.41, 5.74) is 0. The molecule has 0 radical (unpaired) electrons. The lowest BCUT2D eigenvalue weighted by molar-refractivity contribution is -0.336. The Bertz CT molecular complexity index is 310. The second-order valence-corrected chi connectivity index (χ2v) is 4.94. The summed E-state index contributed by atoms with van der Waals surface area (Å²) in [5, 5.41) is 2.83. The molecule has 0 aromatic heterocycles. The van der Waals surface area contributed by atoms with Crippen LogP contribution in [0.4, 0.5) is 0 Å². The fourth-order valence-electron chi connectivity index (χ4n) is 1.46. The summed E-state index contributed by atoms with van der Waals surface area (Å²) in [6.07, 6.45) is 9.05. The molecule has 1 aliphatic heterocycles. The van der Waals surface area contributed by atoms with Gasteiger partial charge in [-0.1, -0.05) is 32.1 Å². The second kappa shape index (κ2) is 8.06. The smallest absolute Gasteiger partial charge is 0.243 e. The van der Waals surface area contributed by atoms with Gasteiger partial charge in [-0.2, -0.15) is 0 Å². The van der Waals surface area contributed by atoms with Gasteiger partial charge in [0.25, 0.3) is 0 Å². The maximum absolute atomic E-state index is 11.4. The van der Waals surface area contributed by atoms with Crippen molar-refractivity contribution in [2.24, 2.45) is 5.92 Å². The van der Waals surface area contributed by atoms with Crippen molar-refractivity contribution in [2.45, 2.75) is 45.8 Å². The van der Waals surface area contributed by atoms with Crippen molar-refractivity contribution in [3.8, 4) is 0 Å². The topological polar surface area (TPSA) is 47.6 Å². The van der Waals surface area contributed by atoms with Gasteiger partial charge >= 0.3 is 0 Å². The van der Waals surface area contributed by atoms with Gasteiger partial charge < -0.3 is 5.32 Å². The highest BCUT2D eigenvalue weighted by Crippen LogP contribution is 2.13. The fourth-order valence-corrected chi connectivity index (χ4v) is 1.46. The van der Waals surface area contributed by atoms with E-state index in [1.807, 2.05) is 25.2 Å². The van der Waals surface area contributed by atoms with Crippen LogP contribution >= 0.6 is 0 Å². The molecular formula is C14H23NO3. The van der Waals surface area contributed by atoms with Crippen molar-refractivity contribution < 1.29 is 14.6 Å². The number of hydrogen-bond acceptors (Lipinski definition) is 3. The maximum Gasteiger partial charge on any atom is 0.243 e. The lowest BCUT2D eigenvalue weighted by atomic mass is 10.1. The molecule has 0 aromatic rings. The van der Waals surface area contributed by atoms with Crippen LogP contribution < -0.4 is 5.32 Å². The standard InChI is InChI=1S/C14H23NO3/c1-11(2)10-15-14(16)7-5-4-6-13-9-8-12(3)17-18-13/h5,7-9,11-13H,4,6,10H2,1-3H3,(H,15,16)/b7-5+. The van der Waals surface area contributed by atoms with Gasteiger partial charge in [0, 0.05) is 6.54 Å². The Kier molecular flexibility index (Phi) is 6.68. The van der Waals surface area contributed by atoms with Crippen molar-refractivity contribution in [3.63, 3.8) is 0 Å². The molecule has 1 N–H and O–H groups in total. The van der Waals surface area contributed by atoms with E-state index in [1.54, 1.807) is 6.08 Å². The molecule has 0 spiro atoms. The molecule has 0 bridgehead atoms. The van der Waals surface area contributed by atoms with Crippen molar-refractivity contribution in [1.82, 2.24) is 5.32 Å². The molecule has 0 fully saturated rings. The zero-order chi connectivity index (χ0) is 13.4. The zero-order valence-corrected chi connectivity index (χ0v) is 11.4. The minimum absolute atomic E-state index is 0.00965. The van der Waals surface area contributed by atoms with E-state index in [0.717, 1.165) is 12.8 Å². The minimum atomic E-state index is -0.0336. The zero-order valence-electron chi connectivity index (χ0n) is 11.4. The first-order chi connectivity index (χ1) is 8.58. The highest BCUT2D eigenvalue weighted by molar-refractivity contribution is 5.87. The van der Waals surface area contributed by atoms with Crippen LogP contribution in [-0.2, 0) is 14.6 Å². The summed E-state index contributed by atoms with van der Waals surface area (Å²) in [6.45, 7) is 6.77. The van der Waals surface area contributed by atoms with Crippen molar-refractivity contribution in [2.75, 3.05) is 6.54 Å². The first-order valence-electron chi connectivity index (χ1n) is 6.52. The largest absolute Gasteiger partial charge is 0.352 e. The lowest BCUT2D eigenvalue weighted by Crippen LogP contribution is -2.25. The molecule has 1 heterocycles. The maximum atomic E-state index is 11.4. The minimum Gasteiger partial charge on any atom is -0.352 e. The number of carbonyl (C=O) groups excluding carboxylic acids is 1. The van der Waals surface area contributed by atoms with E-state index in [2.05, 4.69) is 19.2 Å². The molecule has 2 unspecified atom stereocenters. The molecule has 18 heavy (non-hydrogen) atoms. The highest BCUT2D eigenvalue weighted by atomic mass is 17.2. The molecule has 1 amide bonds. The van der Waals surface area contributed by atoms with Crippen LogP contribution in [0, 0.1) is 5.92 Å². The molecule has 0 aliphatic carbocycles. The van der Waals surface area contributed by atoms with E-state index in [-0.39, 0.29) is 18.1 Å². The molecule has 102 valence electrons. The van der Waals surface area contributed by atoms with Crippen molar-refractivity contribution in [3.05, 3.63) is 24.3 Å². The van der Waals surface area contributed by atoms with Gasteiger partial charge in [-0.25, -0.2) is 9.78 Å². The highest BCUT2D eigenvalue weighted by Gasteiger charge is 2.12. The predicted octanol–water partition coefficient (Wildman–Crippen LogP) is 2.37. The van der Waals surface area contributed by atoms with E-state index < -0.39 is 0 Å². The Balaban J connectivity index is 2.13. The Morgan fingerprint density at radius 1 is 1.39 bits per heavy atom. The molecule has 4 heteroatoms. The van der Waals surface area contributed by atoms with Crippen LogP contribution in [0.3, 0.4) is 0 Å². The third-order valence-electron chi connectivity index (χ3n) is 2.50. The van der Waals surface area contributed by atoms with Crippen LogP contribution in [0.2, 0.25) is 0 Å². The predicted molar refractivity (Wildman–Crippen MR) is 70.8 cm³/mol. The van der Waals surface area contributed by atoms with E-state index in [9.17, 15) is 4.79 Å². The molecule has 4 nitrogen and oxygen atoms in total. The van der Waals surface area contributed by atoms with Gasteiger partial charge in [0.1, 0.15) is 12.2 Å². The third-order valence-corrected chi connectivity index (χ3v) is 2.50. The van der Waals surface area contributed by atoms with Gasteiger partial charge in [-0.05, 0) is 31.8 Å². The molecule has 1 aliphatic rings. The number of rotatable bonds is 6. The average Bonchev–Trinajstić information content (AvgIpc) is 2.34. The van der Waals surface area contributed by atoms with Crippen LogP contribution in [0.5, 0.6) is 0 Å². The first kappa shape index (κ1) is 14.9. The second-order valence-electron chi connectivity index (χ2n) is 4.94. The molecule has 1 rings (SSSR count). The lowest BCUT2D eigenvalue weighted by Gasteiger charge is -2.19. The van der Waals surface area contributed by atoms with Crippen LogP contribution in [0.15, 0.2) is 24.3 Å². The van der Waals surface area contributed by atoms with E-state index in [4.69, 9.17) is 9.78 Å². The number of amides is 1. The summed E-state index contributed by atoms with van der Waals surface area (Å²) in [7, 11) is 0. The van der Waals surface area contributed by atoms with Gasteiger partial charge in [0.05, 0.1) is 0 Å². The molecule has 0 saturated carbocycles. The van der Waals surface area contributed by atoms with Crippen molar-refractivity contribution in [1.29, 1.82) is 0 Å². The molecule has 2 atom stereocenters. The molecule has 0 aromatic carbocycles. The van der Waals surface area contributed by atoms with Gasteiger partial charge in [0.15, 0.2) is 0 Å². The quantitative estimate of drug-likeness (QED) is 0.449. The monoisotopic (exact) mass is 253 g/mol. The Hall–Kier alpha value is -1.13. The molecular weight excluding hydrogens is 230 g/mol. The Morgan fingerprint density at radius 2 is 2.17 bits per heavy atom. The number of allylic oxidation sites excluding steroid dienone is 1. The average molecular weight is 253 g/mol. The summed E-state index contributed by atoms with van der Waals surface area (Å²) in [4.78, 5) is 21.6. The molecule has 0 saturated heterocycles. The van der Waals surface area contributed by atoms with Crippen LogP contribution in [0.1, 0.15) is 33.6 Å². The first-order valence-corrected chi connectivity index (χ1v) is 6.52. The van der Waals surface area contributed by atoms with E-state index in [0.29, 0.717) is 12.5 Å².